The molecular formula is C75H80F3Ir5N12O6-5. The van der Waals surface area contributed by atoms with Crippen LogP contribution in [0.2, 0.25) is 0 Å². The number of amidine groups is 5. The maximum absolute atomic E-state index is 12.6. The summed E-state index contributed by atoms with van der Waals surface area (Å²) in [4.78, 5) is 69.7. The van der Waals surface area contributed by atoms with E-state index in [9.17, 15) is 27.6 Å². The second-order valence-electron chi connectivity index (χ2n) is 21.8. The van der Waals surface area contributed by atoms with Gasteiger partial charge in [0.15, 0.2) is 11.6 Å². The Morgan fingerprint density at radius 2 is 0.901 bits per heavy atom. The van der Waals surface area contributed by atoms with Gasteiger partial charge in [-0.2, -0.15) is 19.2 Å². The van der Waals surface area contributed by atoms with Gasteiger partial charge in [0, 0.05) is 220 Å². The van der Waals surface area contributed by atoms with E-state index in [1.807, 2.05) is 97.9 Å². The number of halogens is 3. The van der Waals surface area contributed by atoms with Gasteiger partial charge in [-0.1, -0.05) is 43.3 Å². The van der Waals surface area contributed by atoms with Crippen LogP contribution < -0.4 is 0 Å². The topological polar surface area (TPSA) is 207 Å². The van der Waals surface area contributed by atoms with E-state index in [0.29, 0.717) is 29.2 Å². The number of carbonyl (C=O) groups is 3. The van der Waals surface area contributed by atoms with Crippen LogP contribution in [0.4, 0.5) is 18.9 Å². The Morgan fingerprint density at radius 3 is 1.25 bits per heavy atom. The zero-order valence-electron chi connectivity index (χ0n) is 57.2. The van der Waals surface area contributed by atoms with Gasteiger partial charge in [-0.15, -0.1) is 161 Å². The van der Waals surface area contributed by atoms with E-state index < -0.39 is 17.7 Å². The number of aliphatic imine (C=N–C) groups is 5. The molecule has 0 unspecified atom stereocenters. The molecule has 3 N–H and O–H groups in total. The summed E-state index contributed by atoms with van der Waals surface area (Å²) in [6.45, 7) is 24.1. The molecule has 101 heavy (non-hydrogen) atoms. The number of allylic oxidation sites excluding steroid dienone is 4. The van der Waals surface area contributed by atoms with Gasteiger partial charge in [0.05, 0.1) is 18.1 Å². The van der Waals surface area contributed by atoms with Crippen LogP contribution in [-0.4, -0.2) is 185 Å². The molecule has 12 rings (SSSR count). The number of aliphatic hydroxyl groups excluding tert-OH is 2. The van der Waals surface area contributed by atoms with E-state index >= 15 is 0 Å². The van der Waals surface area contributed by atoms with E-state index in [-0.39, 0.29) is 129 Å². The monoisotopic (exact) mass is 2270 g/mol. The van der Waals surface area contributed by atoms with E-state index in [2.05, 4.69) is 129 Å². The molecule has 0 spiro atoms. The molecular weight excluding hydrogens is 2180 g/mol. The summed E-state index contributed by atoms with van der Waals surface area (Å²) in [7, 11) is 7.94. The minimum absolute atomic E-state index is 0. The molecule has 5 radical (unpaired) electrons. The smallest absolute Gasteiger partial charge is 0.399 e. The van der Waals surface area contributed by atoms with Crippen molar-refractivity contribution in [2.75, 3.05) is 93.6 Å². The van der Waals surface area contributed by atoms with Crippen molar-refractivity contribution in [3.8, 4) is 0 Å². The molecule has 6 aromatic carbocycles. The quantitative estimate of drug-likeness (QED) is 0.0664. The Hall–Kier alpha value is -7.76. The average molecular weight is 2260 g/mol. The molecule has 547 valence electrons. The number of likely N-dealkylation sites (N-methyl/N-ethyl adjacent to an activating group) is 4. The van der Waals surface area contributed by atoms with Crippen molar-refractivity contribution < 1.29 is 143 Å². The number of aliphatic hydroxyl groups is 2. The first kappa shape index (κ1) is 93.2. The number of ketones is 2. The fourth-order valence-electron chi connectivity index (χ4n) is 9.30. The number of alkyl halides is 3. The van der Waals surface area contributed by atoms with Crippen LogP contribution in [0, 0.1) is 43.8 Å². The summed E-state index contributed by atoms with van der Waals surface area (Å²) < 4.78 is 37.9. The zero-order chi connectivity index (χ0) is 70.0. The van der Waals surface area contributed by atoms with Gasteiger partial charge >= 0.3 is 12.1 Å². The first-order chi connectivity index (χ1) is 45.9. The van der Waals surface area contributed by atoms with Crippen LogP contribution in [0.5, 0.6) is 0 Å². The van der Waals surface area contributed by atoms with Crippen LogP contribution in [0.1, 0.15) is 82.7 Å². The third kappa shape index (κ3) is 34.2. The number of nitrogens with zero attached hydrogens (tertiary/aromatic N) is 12. The predicted octanol–water partition coefficient (Wildman–Crippen LogP) is 12.2. The fourth-order valence-corrected chi connectivity index (χ4v) is 9.30. The first-order valence-electron chi connectivity index (χ1n) is 30.6. The second kappa shape index (κ2) is 49.7. The van der Waals surface area contributed by atoms with Crippen molar-refractivity contribution in [3.63, 3.8) is 0 Å². The molecule has 7 aromatic rings. The summed E-state index contributed by atoms with van der Waals surface area (Å²) in [5.74, 6) is 3.61. The molecule has 0 bridgehead atoms. The summed E-state index contributed by atoms with van der Waals surface area (Å²) in [6.07, 6.45) is -0.581. The number of carboxylic acids is 1. The van der Waals surface area contributed by atoms with Crippen LogP contribution in [0.3, 0.4) is 0 Å². The van der Waals surface area contributed by atoms with Crippen molar-refractivity contribution in [3.05, 3.63) is 273 Å². The Labute approximate surface area is 659 Å². The largest absolute Gasteiger partial charge is 0.512 e. The predicted molar refractivity (Wildman–Crippen MR) is 372 cm³/mol. The van der Waals surface area contributed by atoms with E-state index in [0.717, 1.165) is 117 Å². The number of benzene rings is 6. The number of hydrogen-bond donors (Lipinski definition) is 3. The number of aromatic nitrogens is 1. The second-order valence-corrected chi connectivity index (χ2v) is 21.8. The third-order valence-corrected chi connectivity index (χ3v) is 13.7. The molecule has 0 saturated carbocycles. The van der Waals surface area contributed by atoms with Crippen molar-refractivity contribution in [2.45, 2.75) is 47.3 Å². The molecule has 0 amide bonds. The normalized spacial score (nSPS) is 13.7. The first-order valence-corrected chi connectivity index (χ1v) is 30.6. The van der Waals surface area contributed by atoms with Gasteiger partial charge in [0.25, 0.3) is 0 Å². The minimum atomic E-state index is -4.36. The Kier molecular flexibility index (Phi) is 45.9. The summed E-state index contributed by atoms with van der Waals surface area (Å²) >= 11 is 0. The van der Waals surface area contributed by atoms with Gasteiger partial charge in [-0.05, 0) is 79.1 Å². The van der Waals surface area contributed by atoms with Crippen molar-refractivity contribution in [2.24, 2.45) is 25.0 Å². The number of pyridine rings is 1. The SMILES string of the molecule is CC(=O)C=C(C)O.CC(=O)C=C(C)O.CN1CCN=C1c1[c-]cccc1.CN1CCN=C1c1[c-]cccc1.Cc1cc(C2=NCCN2C)[c-]c(C(F)(F)F)c1.O=C(O)c1ccccn1.[C-]#[N+]c1cc[c-]c(C2=NCCN2C)c1.[Ir].[Ir].[Ir].[Ir].[Ir].[c-]1ccccc1C1=NCCN1Cc1ccccc1. The van der Waals surface area contributed by atoms with Gasteiger partial charge in [0.2, 0.25) is 0 Å². The van der Waals surface area contributed by atoms with Crippen molar-refractivity contribution in [1.82, 2.24) is 29.5 Å². The van der Waals surface area contributed by atoms with Crippen molar-refractivity contribution in [1.29, 1.82) is 0 Å². The van der Waals surface area contributed by atoms with Crippen LogP contribution in [0.15, 0.2) is 206 Å². The number of rotatable bonds is 10. The van der Waals surface area contributed by atoms with Crippen molar-refractivity contribution >= 4 is 52.4 Å². The number of aromatic carboxylic acids is 1. The number of hydrogen-bond acceptors (Lipinski definition) is 16. The summed E-state index contributed by atoms with van der Waals surface area (Å²) in [6, 6.07) is 62.4. The molecule has 18 nitrogen and oxygen atoms in total. The summed E-state index contributed by atoms with van der Waals surface area (Å²) in [5.41, 5.74) is 6.48. The molecule has 1 aromatic heterocycles. The number of aryl methyl sites for hydroxylation is 1. The molecule has 0 fully saturated rings. The Bertz CT molecular complexity index is 3810. The molecule has 26 heteroatoms. The molecule has 0 aliphatic carbocycles. The summed E-state index contributed by atoms with van der Waals surface area (Å²) in [5, 5.41) is 25.0. The standard InChI is InChI=1S/C16H15N2.C12H12F3N2.C11H10N3.2C10H11N2.C6H5NO2.2C5H8O2.5Ir/c1-3-7-14(8-4-1)13-18-12-11-17-16(18)15-9-5-2-6-10-15;1-8-5-9(11-16-3-4-17(11)2)7-10(6-8)12(13,14)15;1-12-10-5-3-4-9(8-10)11-13-6-7-14(11)2;2*1-12-8-7-11-10(12)9-5-3-2-4-6-9;8-6(9)5-3-1-2-4-7-5;2*1-4(6)3-5(2)7;;;;;/h1-9H,11-13H2;5-6H,3-4H2,1-2H3;3,5,8H,6-7H2,2H3;2*2-5H,7-8H2,1H3;1-4H,(H,8,9);2*3,6H,1-2H3;;;;;/q5*-1;;;;;;;;. The molecule has 6 heterocycles. The molecule has 5 aliphatic heterocycles. The van der Waals surface area contributed by atoms with Gasteiger partial charge in [-0.25, -0.2) is 9.78 Å². The minimum Gasteiger partial charge on any atom is -0.512 e. The third-order valence-electron chi connectivity index (χ3n) is 13.7. The van der Waals surface area contributed by atoms with Crippen LogP contribution in [-0.2, 0) is 123 Å². The molecule has 5 aliphatic rings. The average Bonchev–Trinajstić information content (AvgIpc) is 1.80. The Morgan fingerprint density at radius 1 is 0.505 bits per heavy atom. The van der Waals surface area contributed by atoms with Gasteiger partial charge in [0.1, 0.15) is 11.4 Å². The van der Waals surface area contributed by atoms with E-state index in [4.69, 9.17) is 21.9 Å². The van der Waals surface area contributed by atoms with Gasteiger partial charge < -0.3 is 64.8 Å². The van der Waals surface area contributed by atoms with Crippen LogP contribution >= 0.6 is 0 Å². The van der Waals surface area contributed by atoms with E-state index in [1.165, 1.54) is 57.7 Å². The fraction of sp³-hybridized carbons (Fsp3) is 0.280. The maximum Gasteiger partial charge on any atom is 0.399 e. The maximum atomic E-state index is 12.6. The zero-order valence-corrected chi connectivity index (χ0v) is 69.2. The molecule has 0 atom stereocenters. The Balaban J connectivity index is 0.00000115. The van der Waals surface area contributed by atoms with Crippen LogP contribution in [0.25, 0.3) is 4.85 Å². The van der Waals surface area contributed by atoms with E-state index in [1.54, 1.807) is 37.3 Å². The number of carbonyl (C=O) groups excluding carboxylic acids is 2. The number of carboxylic acid groups (broad SMARTS) is 1. The van der Waals surface area contributed by atoms with Gasteiger partial charge in [-0.3, -0.25) is 14.4 Å². The molecule has 0 saturated heterocycles.